The second-order valence-electron chi connectivity index (χ2n) is 3.61. The Morgan fingerprint density at radius 1 is 1.43 bits per heavy atom. The van der Waals surface area contributed by atoms with Crippen LogP contribution < -0.4 is 5.32 Å². The summed E-state index contributed by atoms with van der Waals surface area (Å²) >= 11 is 0. The lowest BCUT2D eigenvalue weighted by atomic mass is 10.2. The number of rotatable bonds is 10. The van der Waals surface area contributed by atoms with Crippen LogP contribution in [0, 0.1) is 0 Å². The minimum absolute atomic E-state index is 0.401. The number of hydrogen-bond donors (Lipinski definition) is 1. The Morgan fingerprint density at radius 2 is 2.21 bits per heavy atom. The van der Waals surface area contributed by atoms with Gasteiger partial charge in [-0.25, -0.2) is 0 Å². The SMILES string of the molecule is C=CCCCOC(C)CCCNCC. The van der Waals surface area contributed by atoms with Gasteiger partial charge in [-0.1, -0.05) is 13.0 Å². The molecule has 0 spiro atoms. The maximum absolute atomic E-state index is 5.65. The zero-order valence-electron chi connectivity index (χ0n) is 9.72. The Balaban J connectivity index is 3.10. The molecule has 0 aromatic heterocycles. The van der Waals surface area contributed by atoms with Crippen LogP contribution in [0.2, 0.25) is 0 Å². The highest BCUT2D eigenvalue weighted by Crippen LogP contribution is 2.02. The summed E-state index contributed by atoms with van der Waals surface area (Å²) in [5.74, 6) is 0. The van der Waals surface area contributed by atoms with Crippen molar-refractivity contribution >= 4 is 0 Å². The minimum atomic E-state index is 0.401. The lowest BCUT2D eigenvalue weighted by Crippen LogP contribution is -2.17. The summed E-state index contributed by atoms with van der Waals surface area (Å²) in [5.41, 5.74) is 0. The van der Waals surface area contributed by atoms with E-state index in [0.717, 1.165) is 39.0 Å². The molecule has 0 radical (unpaired) electrons. The third kappa shape index (κ3) is 9.75. The third-order valence-corrected chi connectivity index (χ3v) is 2.17. The Labute approximate surface area is 88.7 Å². The molecule has 0 amide bonds. The van der Waals surface area contributed by atoms with Gasteiger partial charge in [0.1, 0.15) is 0 Å². The van der Waals surface area contributed by atoms with E-state index in [1.54, 1.807) is 0 Å². The molecule has 84 valence electrons. The normalized spacial score (nSPS) is 12.7. The molecule has 0 aliphatic carbocycles. The van der Waals surface area contributed by atoms with Crippen molar-refractivity contribution in [2.75, 3.05) is 19.7 Å². The third-order valence-electron chi connectivity index (χ3n) is 2.17. The molecule has 0 aliphatic rings. The monoisotopic (exact) mass is 199 g/mol. The molecule has 0 aromatic carbocycles. The largest absolute Gasteiger partial charge is 0.378 e. The summed E-state index contributed by atoms with van der Waals surface area (Å²) < 4.78 is 5.65. The predicted molar refractivity (Wildman–Crippen MR) is 62.6 cm³/mol. The van der Waals surface area contributed by atoms with Gasteiger partial charge in [0.2, 0.25) is 0 Å². The van der Waals surface area contributed by atoms with Gasteiger partial charge >= 0.3 is 0 Å². The minimum Gasteiger partial charge on any atom is -0.378 e. The summed E-state index contributed by atoms with van der Waals surface area (Å²) in [4.78, 5) is 0. The van der Waals surface area contributed by atoms with Crippen molar-refractivity contribution in [1.29, 1.82) is 0 Å². The van der Waals surface area contributed by atoms with Crippen LogP contribution in [-0.4, -0.2) is 25.8 Å². The molecule has 1 N–H and O–H groups in total. The number of allylic oxidation sites excluding steroid dienone is 1. The lowest BCUT2D eigenvalue weighted by Gasteiger charge is -2.12. The first-order valence-corrected chi connectivity index (χ1v) is 5.74. The summed E-state index contributed by atoms with van der Waals surface area (Å²) in [7, 11) is 0. The topological polar surface area (TPSA) is 21.3 Å². The van der Waals surface area contributed by atoms with E-state index in [9.17, 15) is 0 Å². The van der Waals surface area contributed by atoms with Crippen LogP contribution in [0.3, 0.4) is 0 Å². The summed E-state index contributed by atoms with van der Waals surface area (Å²) in [6.45, 7) is 11.0. The second-order valence-corrected chi connectivity index (χ2v) is 3.61. The van der Waals surface area contributed by atoms with E-state index < -0.39 is 0 Å². The van der Waals surface area contributed by atoms with E-state index in [2.05, 4.69) is 25.7 Å². The molecule has 0 aliphatic heterocycles. The Kier molecular flexibility index (Phi) is 10.5. The Bertz CT molecular complexity index is 125. The van der Waals surface area contributed by atoms with Crippen LogP contribution in [0.4, 0.5) is 0 Å². The van der Waals surface area contributed by atoms with Gasteiger partial charge in [-0.2, -0.15) is 0 Å². The molecule has 0 bridgehead atoms. The van der Waals surface area contributed by atoms with Crippen LogP contribution in [0.1, 0.15) is 39.5 Å². The molecule has 1 atom stereocenters. The average molecular weight is 199 g/mol. The Hall–Kier alpha value is -0.340. The highest BCUT2D eigenvalue weighted by molar-refractivity contribution is 4.65. The summed E-state index contributed by atoms with van der Waals surface area (Å²) in [5, 5.41) is 3.31. The van der Waals surface area contributed by atoms with Crippen molar-refractivity contribution in [2.24, 2.45) is 0 Å². The van der Waals surface area contributed by atoms with Gasteiger partial charge in [-0.15, -0.1) is 6.58 Å². The maximum Gasteiger partial charge on any atom is 0.0547 e. The first-order valence-electron chi connectivity index (χ1n) is 5.74. The van der Waals surface area contributed by atoms with Gasteiger partial charge in [-0.3, -0.25) is 0 Å². The molecule has 2 heteroatoms. The standard InChI is InChI=1S/C12H25NO/c1-4-6-7-11-14-12(3)9-8-10-13-5-2/h4,12-13H,1,5-11H2,2-3H3. The number of hydrogen-bond acceptors (Lipinski definition) is 2. The molecule has 0 heterocycles. The van der Waals surface area contributed by atoms with Crippen LogP contribution >= 0.6 is 0 Å². The quantitative estimate of drug-likeness (QED) is 0.431. The maximum atomic E-state index is 5.65. The lowest BCUT2D eigenvalue weighted by molar-refractivity contribution is 0.0578. The molecule has 0 saturated carbocycles. The number of unbranched alkanes of at least 4 members (excludes halogenated alkanes) is 1. The molecule has 1 unspecified atom stereocenters. The van der Waals surface area contributed by atoms with E-state index in [-0.39, 0.29) is 0 Å². The van der Waals surface area contributed by atoms with E-state index in [1.165, 1.54) is 6.42 Å². The number of ether oxygens (including phenoxy) is 1. The fourth-order valence-electron chi connectivity index (χ4n) is 1.29. The van der Waals surface area contributed by atoms with Crippen LogP contribution in [0.15, 0.2) is 12.7 Å². The average Bonchev–Trinajstić information content (AvgIpc) is 2.19. The van der Waals surface area contributed by atoms with Crippen LogP contribution in [-0.2, 0) is 4.74 Å². The van der Waals surface area contributed by atoms with Crippen molar-refractivity contribution in [1.82, 2.24) is 5.32 Å². The molecular formula is C12H25NO. The molecule has 14 heavy (non-hydrogen) atoms. The van der Waals surface area contributed by atoms with E-state index in [4.69, 9.17) is 4.74 Å². The van der Waals surface area contributed by atoms with E-state index >= 15 is 0 Å². The van der Waals surface area contributed by atoms with Gasteiger partial charge in [0.05, 0.1) is 6.10 Å². The van der Waals surface area contributed by atoms with Crippen molar-refractivity contribution in [3.05, 3.63) is 12.7 Å². The Morgan fingerprint density at radius 3 is 2.86 bits per heavy atom. The van der Waals surface area contributed by atoms with Crippen molar-refractivity contribution in [3.63, 3.8) is 0 Å². The molecule has 0 saturated heterocycles. The highest BCUT2D eigenvalue weighted by Gasteiger charge is 2.00. The molecule has 0 fully saturated rings. The predicted octanol–water partition coefficient (Wildman–Crippen LogP) is 2.75. The smallest absolute Gasteiger partial charge is 0.0547 e. The summed E-state index contributed by atoms with van der Waals surface area (Å²) in [6.07, 6.45) is 6.86. The fourth-order valence-corrected chi connectivity index (χ4v) is 1.29. The highest BCUT2D eigenvalue weighted by atomic mass is 16.5. The summed E-state index contributed by atoms with van der Waals surface area (Å²) in [6, 6.07) is 0. The van der Waals surface area contributed by atoms with Gasteiger partial charge in [0.25, 0.3) is 0 Å². The van der Waals surface area contributed by atoms with E-state index in [0.29, 0.717) is 6.10 Å². The molecular weight excluding hydrogens is 174 g/mol. The van der Waals surface area contributed by atoms with E-state index in [1.807, 2.05) is 6.08 Å². The van der Waals surface area contributed by atoms with Gasteiger partial charge in [0.15, 0.2) is 0 Å². The first kappa shape index (κ1) is 13.7. The first-order chi connectivity index (χ1) is 6.81. The second kappa shape index (κ2) is 10.7. The molecule has 2 nitrogen and oxygen atoms in total. The van der Waals surface area contributed by atoms with Crippen molar-refractivity contribution in [3.8, 4) is 0 Å². The van der Waals surface area contributed by atoms with Gasteiger partial charge in [-0.05, 0) is 45.7 Å². The molecule has 0 rings (SSSR count). The fraction of sp³-hybridized carbons (Fsp3) is 0.833. The van der Waals surface area contributed by atoms with Gasteiger partial charge in [0, 0.05) is 6.61 Å². The molecule has 0 aromatic rings. The van der Waals surface area contributed by atoms with Crippen LogP contribution in [0.25, 0.3) is 0 Å². The van der Waals surface area contributed by atoms with Crippen molar-refractivity contribution < 1.29 is 4.74 Å². The van der Waals surface area contributed by atoms with Crippen LogP contribution in [0.5, 0.6) is 0 Å². The zero-order chi connectivity index (χ0) is 10.6. The number of nitrogens with one attached hydrogen (secondary N) is 1. The van der Waals surface area contributed by atoms with Gasteiger partial charge < -0.3 is 10.1 Å². The van der Waals surface area contributed by atoms with Crippen molar-refractivity contribution in [2.45, 2.75) is 45.6 Å². The zero-order valence-corrected chi connectivity index (χ0v) is 9.72.